The number of amides is 2. The predicted molar refractivity (Wildman–Crippen MR) is 169 cm³/mol. The number of fused-ring (bicyclic) bond motifs is 3. The monoisotopic (exact) mass is 680 g/mol. The number of phenols is 1. The SMILES string of the molecule is O=C1C=C(Br)C(=O)C2=C1[C@@H](c1ccc(OCc3ccccc3)cc1O)C1=CC[C@@H]3C(=O)N(c4cccc([N+](=O)[O-])c4)C(=O)[C@@H]3[C@@H]1C2. The Hall–Kier alpha value is -5.16. The highest BCUT2D eigenvalue weighted by atomic mass is 79.9. The zero-order valence-corrected chi connectivity index (χ0v) is 25.7. The molecule has 10 nitrogen and oxygen atoms in total. The fourth-order valence-corrected chi connectivity index (χ4v) is 7.61. The van der Waals surface area contributed by atoms with Gasteiger partial charge in [-0.15, -0.1) is 0 Å². The molecule has 2 amide bonds. The van der Waals surface area contributed by atoms with Gasteiger partial charge in [0.2, 0.25) is 11.8 Å². The number of allylic oxidation sites excluding steroid dienone is 6. The molecule has 230 valence electrons. The van der Waals surface area contributed by atoms with Gasteiger partial charge in [-0.05, 0) is 52.4 Å². The number of rotatable bonds is 6. The molecule has 0 saturated carbocycles. The summed E-state index contributed by atoms with van der Waals surface area (Å²) in [6, 6.07) is 19.7. The molecule has 4 aliphatic rings. The van der Waals surface area contributed by atoms with E-state index in [9.17, 15) is 34.4 Å². The second-order valence-corrected chi connectivity index (χ2v) is 12.5. The number of Topliss-reactive ketones (excluding diaryl/α,β-unsaturated/α-hetero) is 1. The largest absolute Gasteiger partial charge is 0.507 e. The van der Waals surface area contributed by atoms with E-state index in [2.05, 4.69) is 15.9 Å². The van der Waals surface area contributed by atoms with Crippen molar-refractivity contribution < 1.29 is 33.9 Å². The van der Waals surface area contributed by atoms with Gasteiger partial charge in [0.1, 0.15) is 18.1 Å². The average molecular weight is 681 g/mol. The number of benzene rings is 3. The summed E-state index contributed by atoms with van der Waals surface area (Å²) in [5.41, 5.74) is 2.28. The molecule has 11 heteroatoms. The maximum atomic E-state index is 14.1. The smallest absolute Gasteiger partial charge is 0.271 e. The van der Waals surface area contributed by atoms with Gasteiger partial charge < -0.3 is 9.84 Å². The summed E-state index contributed by atoms with van der Waals surface area (Å²) in [5, 5.41) is 22.7. The van der Waals surface area contributed by atoms with Crippen LogP contribution in [0.1, 0.15) is 29.9 Å². The molecule has 1 saturated heterocycles. The molecule has 1 fully saturated rings. The van der Waals surface area contributed by atoms with E-state index in [-0.39, 0.29) is 58.0 Å². The molecule has 0 aromatic heterocycles. The van der Waals surface area contributed by atoms with Crippen LogP contribution in [0, 0.1) is 27.9 Å². The third-order valence-corrected chi connectivity index (χ3v) is 9.78. The minimum Gasteiger partial charge on any atom is -0.507 e. The van der Waals surface area contributed by atoms with Gasteiger partial charge >= 0.3 is 0 Å². The van der Waals surface area contributed by atoms with Crippen molar-refractivity contribution in [2.75, 3.05) is 4.90 Å². The van der Waals surface area contributed by atoms with Gasteiger partial charge in [-0.2, -0.15) is 0 Å². The van der Waals surface area contributed by atoms with Gasteiger partial charge in [-0.3, -0.25) is 29.3 Å². The van der Waals surface area contributed by atoms with Crippen molar-refractivity contribution in [2.45, 2.75) is 25.4 Å². The van der Waals surface area contributed by atoms with Crippen LogP contribution in [0.4, 0.5) is 11.4 Å². The lowest BCUT2D eigenvalue weighted by atomic mass is 9.59. The standard InChI is InChI=1S/C35H25BrN2O8/c36-27-16-29(40)32-26(33(27)41)15-25-22(30(32)23-10-9-21(14-28(23)39)46-17-18-5-2-1-3-6-18)11-12-24-31(25)35(43)37(34(24)42)19-7-4-8-20(13-19)38(44)45/h1-11,13-14,16,24-25,30-31,39H,12,15,17H2/t24-,25+,30+,31-/m0/s1. The molecule has 0 radical (unpaired) electrons. The fraction of sp³-hybridized carbons (Fsp3) is 0.200. The molecule has 3 aromatic rings. The lowest BCUT2D eigenvalue weighted by molar-refractivity contribution is -0.384. The summed E-state index contributed by atoms with van der Waals surface area (Å²) in [6.07, 6.45) is 3.30. The van der Waals surface area contributed by atoms with Crippen molar-refractivity contribution in [2.24, 2.45) is 17.8 Å². The molecule has 0 spiro atoms. The van der Waals surface area contributed by atoms with Crippen molar-refractivity contribution in [3.8, 4) is 11.5 Å². The third-order valence-electron chi connectivity index (χ3n) is 9.19. The summed E-state index contributed by atoms with van der Waals surface area (Å²) >= 11 is 3.21. The van der Waals surface area contributed by atoms with Crippen LogP contribution in [-0.2, 0) is 25.8 Å². The van der Waals surface area contributed by atoms with Gasteiger partial charge in [-0.1, -0.05) is 54.1 Å². The number of carbonyl (C=O) groups is 4. The number of hydrogen-bond acceptors (Lipinski definition) is 8. The number of non-ortho nitro benzene ring substituents is 1. The first-order valence-electron chi connectivity index (χ1n) is 14.6. The number of halogens is 1. The first-order valence-corrected chi connectivity index (χ1v) is 15.4. The average Bonchev–Trinajstić information content (AvgIpc) is 3.31. The third kappa shape index (κ3) is 4.78. The number of ether oxygens (including phenoxy) is 1. The normalized spacial score (nSPS) is 23.8. The number of ketones is 2. The molecule has 3 aliphatic carbocycles. The van der Waals surface area contributed by atoms with Crippen LogP contribution in [0.25, 0.3) is 0 Å². The molecule has 1 aliphatic heterocycles. The maximum Gasteiger partial charge on any atom is 0.271 e. The van der Waals surface area contributed by atoms with Crippen LogP contribution in [0.2, 0.25) is 0 Å². The fourth-order valence-electron chi connectivity index (χ4n) is 7.16. The predicted octanol–water partition coefficient (Wildman–Crippen LogP) is 5.85. The topological polar surface area (TPSA) is 144 Å². The van der Waals surface area contributed by atoms with Crippen LogP contribution in [0.3, 0.4) is 0 Å². The Morgan fingerprint density at radius 1 is 0.957 bits per heavy atom. The Kier molecular flexibility index (Phi) is 7.28. The number of nitro groups is 1. The van der Waals surface area contributed by atoms with Gasteiger partial charge in [0.15, 0.2) is 11.6 Å². The second-order valence-electron chi connectivity index (χ2n) is 11.7. The first-order chi connectivity index (χ1) is 22.1. The molecule has 1 N–H and O–H groups in total. The van der Waals surface area contributed by atoms with Crippen LogP contribution in [0.15, 0.2) is 106 Å². The van der Waals surface area contributed by atoms with Crippen LogP contribution in [0.5, 0.6) is 11.5 Å². The quantitative estimate of drug-likeness (QED) is 0.112. The van der Waals surface area contributed by atoms with Crippen molar-refractivity contribution in [1.82, 2.24) is 0 Å². The zero-order chi connectivity index (χ0) is 32.3. The van der Waals surface area contributed by atoms with Gasteiger partial charge in [0.25, 0.3) is 5.69 Å². The molecule has 1 heterocycles. The van der Waals surface area contributed by atoms with E-state index in [0.717, 1.165) is 10.5 Å². The maximum absolute atomic E-state index is 14.1. The summed E-state index contributed by atoms with van der Waals surface area (Å²) in [5.74, 6) is -4.62. The van der Waals surface area contributed by atoms with E-state index in [4.69, 9.17) is 4.74 Å². The van der Waals surface area contributed by atoms with Crippen molar-refractivity contribution in [1.29, 1.82) is 0 Å². The minimum atomic E-state index is -0.869. The van der Waals surface area contributed by atoms with Crippen LogP contribution < -0.4 is 9.64 Å². The Balaban J connectivity index is 1.28. The zero-order valence-electron chi connectivity index (χ0n) is 24.1. The highest BCUT2D eigenvalue weighted by Crippen LogP contribution is 2.56. The van der Waals surface area contributed by atoms with Gasteiger partial charge in [-0.25, -0.2) is 4.90 Å². The molecule has 7 rings (SSSR count). The molecule has 3 aromatic carbocycles. The Morgan fingerprint density at radius 2 is 1.74 bits per heavy atom. The number of carbonyl (C=O) groups excluding carboxylic acids is 4. The number of anilines is 1. The van der Waals surface area contributed by atoms with Crippen LogP contribution in [-0.4, -0.2) is 33.4 Å². The summed E-state index contributed by atoms with van der Waals surface area (Å²) < 4.78 is 5.98. The minimum absolute atomic E-state index is 0.0488. The van der Waals surface area contributed by atoms with Gasteiger partial charge in [0.05, 0.1) is 26.9 Å². The number of nitrogens with zero attached hydrogens (tertiary/aromatic N) is 2. The molecule has 0 bridgehead atoms. The lowest BCUT2D eigenvalue weighted by Crippen LogP contribution is -2.39. The van der Waals surface area contributed by atoms with E-state index in [1.807, 2.05) is 36.4 Å². The molecule has 46 heavy (non-hydrogen) atoms. The van der Waals surface area contributed by atoms with Crippen molar-refractivity contribution in [3.63, 3.8) is 0 Å². The number of nitro benzene ring substituents is 1. The Labute approximate surface area is 270 Å². The number of aromatic hydroxyl groups is 1. The summed E-state index contributed by atoms with van der Waals surface area (Å²) in [7, 11) is 0. The molecule has 4 atom stereocenters. The molecular weight excluding hydrogens is 656 g/mol. The summed E-state index contributed by atoms with van der Waals surface area (Å²) in [6.45, 7) is 0.275. The molecular formula is C35H25BrN2O8. The van der Waals surface area contributed by atoms with Gasteiger partial charge in [0, 0.05) is 46.9 Å². The van der Waals surface area contributed by atoms with E-state index in [1.54, 1.807) is 12.1 Å². The van der Waals surface area contributed by atoms with Crippen molar-refractivity contribution in [3.05, 3.63) is 127 Å². The van der Waals surface area contributed by atoms with E-state index >= 15 is 0 Å². The van der Waals surface area contributed by atoms with E-state index in [0.29, 0.717) is 16.9 Å². The first kappa shape index (κ1) is 29.5. The van der Waals surface area contributed by atoms with Crippen molar-refractivity contribution >= 4 is 50.7 Å². The number of phenolic OH excluding ortho intramolecular Hbond substituents is 1. The number of imide groups is 1. The highest BCUT2D eigenvalue weighted by molar-refractivity contribution is 9.12. The Morgan fingerprint density at radius 3 is 2.48 bits per heavy atom. The summed E-state index contributed by atoms with van der Waals surface area (Å²) in [4.78, 5) is 66.5. The lowest BCUT2D eigenvalue weighted by Gasteiger charge is -2.42. The highest BCUT2D eigenvalue weighted by Gasteiger charge is 2.57. The number of hydrogen-bond donors (Lipinski definition) is 1. The molecule has 0 unspecified atom stereocenters. The van der Waals surface area contributed by atoms with E-state index < -0.39 is 46.2 Å². The van der Waals surface area contributed by atoms with E-state index in [1.165, 1.54) is 36.4 Å². The second kappa shape index (κ2) is 11.3. The Bertz CT molecular complexity index is 1960. The van der Waals surface area contributed by atoms with Crippen LogP contribution >= 0.6 is 15.9 Å².